The molecule has 0 rings (SSSR count). The molecule has 0 aromatic rings. The first-order valence-electron chi connectivity index (χ1n) is 12.1. The van der Waals surface area contributed by atoms with Crippen molar-refractivity contribution in [1.82, 2.24) is 0 Å². The zero-order valence-electron chi connectivity index (χ0n) is 20.1. The molecule has 1 unspecified atom stereocenters. The van der Waals surface area contributed by atoms with Crippen LogP contribution in [0.5, 0.6) is 0 Å². The number of ether oxygens (including phenoxy) is 2. The summed E-state index contributed by atoms with van der Waals surface area (Å²) in [5, 5.41) is 0. The minimum absolute atomic E-state index is 0.305. The number of esters is 2. The third kappa shape index (κ3) is 24.5. The molecule has 0 N–H and O–H groups in total. The van der Waals surface area contributed by atoms with Crippen LogP contribution in [0, 0.1) is 5.92 Å². The van der Waals surface area contributed by atoms with Gasteiger partial charge in [0.05, 0.1) is 13.2 Å². The largest absolute Gasteiger partial charge is 0.463 e. The van der Waals surface area contributed by atoms with E-state index in [0.717, 1.165) is 19.3 Å². The molecule has 1 atom stereocenters. The molecule has 0 saturated heterocycles. The molecule has 0 bridgehead atoms. The summed E-state index contributed by atoms with van der Waals surface area (Å²) in [6.07, 6.45) is 20.0. The zero-order valence-corrected chi connectivity index (χ0v) is 20.1. The third-order valence-electron chi connectivity index (χ3n) is 5.08. The molecule has 0 aromatic heterocycles. The van der Waals surface area contributed by atoms with Crippen LogP contribution in [-0.4, -0.2) is 25.2 Å². The highest BCUT2D eigenvalue weighted by Crippen LogP contribution is 2.13. The molecule has 0 saturated carbocycles. The predicted molar refractivity (Wildman–Crippen MR) is 127 cm³/mol. The van der Waals surface area contributed by atoms with Crippen LogP contribution in [0.3, 0.4) is 0 Å². The fraction of sp³-hybridized carbons (Fsp3) is 0.769. The average Bonchev–Trinajstić information content (AvgIpc) is 2.77. The van der Waals surface area contributed by atoms with Crippen LogP contribution < -0.4 is 0 Å². The van der Waals surface area contributed by atoms with E-state index in [1.165, 1.54) is 82.8 Å². The Morgan fingerprint density at radius 1 is 0.700 bits per heavy atom. The van der Waals surface area contributed by atoms with Gasteiger partial charge in [-0.1, -0.05) is 111 Å². The zero-order chi connectivity index (χ0) is 22.9. The highest BCUT2D eigenvalue weighted by molar-refractivity contribution is 5.81. The summed E-state index contributed by atoms with van der Waals surface area (Å²) in [5.41, 5.74) is 0. The summed E-state index contributed by atoms with van der Waals surface area (Å²) < 4.78 is 9.89. The summed E-state index contributed by atoms with van der Waals surface area (Å²) >= 11 is 0. The van der Waals surface area contributed by atoms with Gasteiger partial charge in [-0.2, -0.15) is 0 Å². The molecule has 0 heterocycles. The Hall–Kier alpha value is -1.58. The fourth-order valence-corrected chi connectivity index (χ4v) is 2.98. The Morgan fingerprint density at radius 2 is 1.17 bits per heavy atom. The van der Waals surface area contributed by atoms with Crippen molar-refractivity contribution in [2.45, 2.75) is 111 Å². The molecule has 176 valence electrons. The Balaban J connectivity index is 0. The highest BCUT2D eigenvalue weighted by atomic mass is 16.5. The molecular weight excluding hydrogens is 376 g/mol. The van der Waals surface area contributed by atoms with Crippen molar-refractivity contribution in [1.29, 1.82) is 0 Å². The van der Waals surface area contributed by atoms with Crippen LogP contribution in [0.1, 0.15) is 111 Å². The molecule has 4 nitrogen and oxygen atoms in total. The van der Waals surface area contributed by atoms with Gasteiger partial charge in [0, 0.05) is 12.2 Å². The lowest BCUT2D eigenvalue weighted by Crippen LogP contribution is -2.12. The van der Waals surface area contributed by atoms with Gasteiger partial charge < -0.3 is 9.47 Å². The quantitative estimate of drug-likeness (QED) is 0.122. The maximum atomic E-state index is 10.8. The van der Waals surface area contributed by atoms with Gasteiger partial charge >= 0.3 is 11.9 Å². The van der Waals surface area contributed by atoms with E-state index in [4.69, 9.17) is 9.47 Å². The van der Waals surface area contributed by atoms with E-state index in [0.29, 0.717) is 19.1 Å². The number of carbonyl (C=O) groups excluding carboxylic acids is 2. The van der Waals surface area contributed by atoms with Gasteiger partial charge in [0.1, 0.15) is 0 Å². The topological polar surface area (TPSA) is 52.6 Å². The lowest BCUT2D eigenvalue weighted by molar-refractivity contribution is -0.139. The van der Waals surface area contributed by atoms with Gasteiger partial charge in [-0.05, 0) is 18.8 Å². The average molecular weight is 425 g/mol. The summed E-state index contributed by atoms with van der Waals surface area (Å²) in [7, 11) is 0. The number of unbranched alkanes of at least 4 members (excludes halogenated alkanes) is 10. The lowest BCUT2D eigenvalue weighted by atomic mass is 10.0. The second-order valence-electron chi connectivity index (χ2n) is 7.80. The SMILES string of the molecule is C=CC(=O)OCC(CC)CCCC.C=CC(=O)OCCCCCCCCCCCC. The maximum absolute atomic E-state index is 10.8. The monoisotopic (exact) mass is 424 g/mol. The van der Waals surface area contributed by atoms with Crippen LogP contribution in [0.15, 0.2) is 25.3 Å². The second kappa shape index (κ2) is 25.5. The highest BCUT2D eigenvalue weighted by Gasteiger charge is 2.07. The van der Waals surface area contributed by atoms with Crippen LogP contribution in [0.25, 0.3) is 0 Å². The Kier molecular flexibility index (Phi) is 26.0. The summed E-state index contributed by atoms with van der Waals surface area (Å²) in [6.45, 7) is 14.3. The van der Waals surface area contributed by atoms with Crippen molar-refractivity contribution in [2.75, 3.05) is 13.2 Å². The first-order valence-corrected chi connectivity index (χ1v) is 12.1. The molecule has 4 heteroatoms. The van der Waals surface area contributed by atoms with E-state index in [9.17, 15) is 9.59 Å². The number of rotatable bonds is 19. The first-order chi connectivity index (χ1) is 14.5. The molecule has 30 heavy (non-hydrogen) atoms. The number of hydrogen-bond acceptors (Lipinski definition) is 4. The van der Waals surface area contributed by atoms with Crippen LogP contribution >= 0.6 is 0 Å². The van der Waals surface area contributed by atoms with Gasteiger partial charge in [-0.25, -0.2) is 9.59 Å². The smallest absolute Gasteiger partial charge is 0.330 e. The standard InChI is InChI=1S/C15H28O2.C11H20O2/c1-3-5-6-7-8-9-10-11-12-13-14-17-15(16)4-2;1-4-7-8-10(5-2)9-13-11(12)6-3/h4H,2-3,5-14H2,1H3;6,10H,3-5,7-9H2,1-2H3. The van der Waals surface area contributed by atoms with Crippen molar-refractivity contribution in [3.8, 4) is 0 Å². The summed E-state index contributed by atoms with van der Waals surface area (Å²) in [6, 6.07) is 0. The fourth-order valence-electron chi connectivity index (χ4n) is 2.98. The minimum atomic E-state index is -0.310. The van der Waals surface area contributed by atoms with Gasteiger partial charge in [-0.3, -0.25) is 0 Å². The van der Waals surface area contributed by atoms with Gasteiger partial charge in [-0.15, -0.1) is 0 Å². The second-order valence-corrected chi connectivity index (χ2v) is 7.80. The van der Waals surface area contributed by atoms with Crippen molar-refractivity contribution in [2.24, 2.45) is 5.92 Å². The van der Waals surface area contributed by atoms with Gasteiger partial charge in [0.25, 0.3) is 0 Å². The molecule has 0 aliphatic heterocycles. The summed E-state index contributed by atoms with van der Waals surface area (Å²) in [5.74, 6) is -0.0975. The number of hydrogen-bond donors (Lipinski definition) is 0. The first kappa shape index (κ1) is 30.6. The van der Waals surface area contributed by atoms with Crippen LogP contribution in [0.4, 0.5) is 0 Å². The van der Waals surface area contributed by atoms with E-state index < -0.39 is 0 Å². The molecule has 0 fully saturated rings. The van der Waals surface area contributed by atoms with E-state index >= 15 is 0 Å². The Bertz CT molecular complexity index is 417. The molecule has 0 aliphatic rings. The van der Waals surface area contributed by atoms with Gasteiger partial charge in [0.2, 0.25) is 0 Å². The number of carbonyl (C=O) groups is 2. The normalized spacial score (nSPS) is 11.0. The molecule has 0 aliphatic carbocycles. The maximum Gasteiger partial charge on any atom is 0.330 e. The van der Waals surface area contributed by atoms with Crippen LogP contribution in [0.2, 0.25) is 0 Å². The Labute approximate surface area is 186 Å². The molecule has 0 amide bonds. The van der Waals surface area contributed by atoms with Crippen LogP contribution in [-0.2, 0) is 19.1 Å². The molecule has 0 spiro atoms. The van der Waals surface area contributed by atoms with Crippen molar-refractivity contribution in [3.05, 3.63) is 25.3 Å². The van der Waals surface area contributed by atoms with E-state index in [1.807, 2.05) is 0 Å². The van der Waals surface area contributed by atoms with E-state index in [2.05, 4.69) is 33.9 Å². The molecule has 0 radical (unpaired) electrons. The van der Waals surface area contributed by atoms with Crippen molar-refractivity contribution >= 4 is 11.9 Å². The molecule has 0 aromatic carbocycles. The summed E-state index contributed by atoms with van der Waals surface area (Å²) in [4.78, 5) is 21.5. The lowest BCUT2D eigenvalue weighted by Gasteiger charge is -2.13. The minimum Gasteiger partial charge on any atom is -0.463 e. The van der Waals surface area contributed by atoms with E-state index in [1.54, 1.807) is 0 Å². The van der Waals surface area contributed by atoms with E-state index in [-0.39, 0.29) is 11.9 Å². The Morgan fingerprint density at radius 3 is 1.63 bits per heavy atom. The van der Waals surface area contributed by atoms with Gasteiger partial charge in [0.15, 0.2) is 0 Å². The third-order valence-corrected chi connectivity index (χ3v) is 5.08. The van der Waals surface area contributed by atoms with Crippen molar-refractivity contribution < 1.29 is 19.1 Å². The van der Waals surface area contributed by atoms with Crippen molar-refractivity contribution in [3.63, 3.8) is 0 Å². The molecular formula is C26H48O4. The predicted octanol–water partition coefficient (Wildman–Crippen LogP) is 7.57.